The lowest BCUT2D eigenvalue weighted by Gasteiger charge is -2.06. The quantitative estimate of drug-likeness (QED) is 0.776. The summed E-state index contributed by atoms with van der Waals surface area (Å²) < 4.78 is 22.0. The molecule has 0 aliphatic heterocycles. The molecule has 1 aromatic rings. The van der Waals surface area contributed by atoms with E-state index in [2.05, 4.69) is 17.2 Å². The number of nitrogens with one attached hydrogen (secondary N) is 1. The number of carbonyl (C=O) groups is 1. The van der Waals surface area contributed by atoms with Gasteiger partial charge in [0.2, 0.25) is 0 Å². The van der Waals surface area contributed by atoms with E-state index >= 15 is 0 Å². The van der Waals surface area contributed by atoms with Gasteiger partial charge in [0.1, 0.15) is 9.84 Å². The number of carbonyl (C=O) groups excluding carboxylic acids is 1. The smallest absolute Gasteiger partial charge is 0.251 e. The summed E-state index contributed by atoms with van der Waals surface area (Å²) in [5, 5.41) is 11.3. The van der Waals surface area contributed by atoms with E-state index in [1.807, 2.05) is 6.92 Å². The van der Waals surface area contributed by atoms with Gasteiger partial charge in [0.15, 0.2) is 0 Å². The third kappa shape index (κ3) is 6.43. The van der Waals surface area contributed by atoms with Crippen molar-refractivity contribution in [2.75, 3.05) is 25.2 Å². The van der Waals surface area contributed by atoms with Gasteiger partial charge >= 0.3 is 0 Å². The van der Waals surface area contributed by atoms with Crippen molar-refractivity contribution < 1.29 is 18.3 Å². The summed E-state index contributed by atoms with van der Waals surface area (Å²) in [7, 11) is -3.09. The number of aryl methyl sites for hydroxylation is 1. The fraction of sp³-hybridized carbons (Fsp3) is 0.400. The standard InChI is InChI=1S/C15H19NO4S/c1-12-6-7-14(11-13(12)5-3-4-9-17)15(18)16-8-10-21(2,19)20/h6-7,11,17H,4,8-10H2,1-2H3,(H,16,18). The predicted molar refractivity (Wildman–Crippen MR) is 81.8 cm³/mol. The molecule has 0 radical (unpaired) electrons. The Morgan fingerprint density at radius 3 is 2.71 bits per heavy atom. The summed E-state index contributed by atoms with van der Waals surface area (Å²) in [6, 6.07) is 5.12. The molecule has 0 spiro atoms. The zero-order valence-corrected chi connectivity index (χ0v) is 13.0. The highest BCUT2D eigenvalue weighted by molar-refractivity contribution is 7.90. The van der Waals surface area contributed by atoms with Gasteiger partial charge in [0.25, 0.3) is 5.91 Å². The third-order valence-electron chi connectivity index (χ3n) is 2.72. The Kier molecular flexibility index (Phi) is 6.40. The monoisotopic (exact) mass is 309 g/mol. The Balaban J connectivity index is 2.77. The number of hydrogen-bond acceptors (Lipinski definition) is 4. The molecule has 0 heterocycles. The first-order valence-electron chi connectivity index (χ1n) is 6.50. The SMILES string of the molecule is Cc1ccc(C(=O)NCCS(C)(=O)=O)cc1C#CCCO. The molecule has 5 nitrogen and oxygen atoms in total. The molecule has 1 rings (SSSR count). The van der Waals surface area contributed by atoms with E-state index in [1.54, 1.807) is 18.2 Å². The van der Waals surface area contributed by atoms with Crippen molar-refractivity contribution in [3.05, 3.63) is 34.9 Å². The molecule has 0 aliphatic rings. The molecule has 2 N–H and O–H groups in total. The lowest BCUT2D eigenvalue weighted by molar-refractivity contribution is 0.0956. The van der Waals surface area contributed by atoms with E-state index in [0.717, 1.165) is 17.4 Å². The lowest BCUT2D eigenvalue weighted by atomic mass is 10.0. The van der Waals surface area contributed by atoms with Gasteiger partial charge in [-0.1, -0.05) is 17.9 Å². The molecular weight excluding hydrogens is 290 g/mol. The van der Waals surface area contributed by atoms with Crippen molar-refractivity contribution in [1.29, 1.82) is 0 Å². The maximum absolute atomic E-state index is 11.9. The normalized spacial score (nSPS) is 10.6. The van der Waals surface area contributed by atoms with Crippen LogP contribution in [0.1, 0.15) is 27.9 Å². The minimum Gasteiger partial charge on any atom is -0.395 e. The number of sulfone groups is 1. The summed E-state index contributed by atoms with van der Waals surface area (Å²) in [6.07, 6.45) is 1.50. The Labute approximate surface area is 125 Å². The number of aliphatic hydroxyl groups is 1. The zero-order valence-electron chi connectivity index (χ0n) is 12.1. The van der Waals surface area contributed by atoms with Crippen molar-refractivity contribution >= 4 is 15.7 Å². The Bertz CT molecular complexity index is 669. The van der Waals surface area contributed by atoms with E-state index in [1.165, 1.54) is 0 Å². The van der Waals surface area contributed by atoms with Crippen molar-refractivity contribution in [3.63, 3.8) is 0 Å². The van der Waals surface area contributed by atoms with E-state index in [-0.39, 0.29) is 24.8 Å². The van der Waals surface area contributed by atoms with Gasteiger partial charge < -0.3 is 10.4 Å². The summed E-state index contributed by atoms with van der Waals surface area (Å²) in [5.74, 6) is 5.29. The van der Waals surface area contributed by atoms with Crippen LogP contribution in [0.5, 0.6) is 0 Å². The topological polar surface area (TPSA) is 83.5 Å². The first-order valence-corrected chi connectivity index (χ1v) is 8.56. The van der Waals surface area contributed by atoms with Gasteiger partial charge in [-0.2, -0.15) is 0 Å². The summed E-state index contributed by atoms with van der Waals surface area (Å²) in [6.45, 7) is 1.96. The van der Waals surface area contributed by atoms with Crippen molar-refractivity contribution in [2.24, 2.45) is 0 Å². The first kappa shape index (κ1) is 17.2. The highest BCUT2D eigenvalue weighted by atomic mass is 32.2. The van der Waals surface area contributed by atoms with E-state index < -0.39 is 9.84 Å². The second-order valence-electron chi connectivity index (χ2n) is 4.69. The van der Waals surface area contributed by atoms with Crippen LogP contribution in [0.4, 0.5) is 0 Å². The highest BCUT2D eigenvalue weighted by Gasteiger charge is 2.08. The fourth-order valence-electron chi connectivity index (χ4n) is 1.56. The van der Waals surface area contributed by atoms with Crippen molar-refractivity contribution in [3.8, 4) is 11.8 Å². The van der Waals surface area contributed by atoms with Crippen LogP contribution in [0.2, 0.25) is 0 Å². The number of benzene rings is 1. The molecule has 1 aromatic carbocycles. The molecule has 114 valence electrons. The minimum atomic E-state index is -3.09. The fourth-order valence-corrected chi connectivity index (χ4v) is 2.04. The molecule has 21 heavy (non-hydrogen) atoms. The lowest BCUT2D eigenvalue weighted by Crippen LogP contribution is -2.28. The average Bonchev–Trinajstić information content (AvgIpc) is 2.39. The van der Waals surface area contributed by atoms with Crippen LogP contribution in [0.3, 0.4) is 0 Å². The van der Waals surface area contributed by atoms with Crippen LogP contribution in [0.15, 0.2) is 18.2 Å². The molecule has 1 amide bonds. The molecule has 0 fully saturated rings. The van der Waals surface area contributed by atoms with Crippen LogP contribution < -0.4 is 5.32 Å². The Hall–Kier alpha value is -1.84. The van der Waals surface area contributed by atoms with Gasteiger partial charge in [0.05, 0.1) is 12.4 Å². The minimum absolute atomic E-state index is 0.00227. The van der Waals surface area contributed by atoms with E-state index in [4.69, 9.17) is 5.11 Å². The van der Waals surface area contributed by atoms with Crippen molar-refractivity contribution in [1.82, 2.24) is 5.32 Å². The molecule has 0 saturated carbocycles. The highest BCUT2D eigenvalue weighted by Crippen LogP contribution is 2.10. The second kappa shape index (κ2) is 7.81. The molecule has 0 atom stereocenters. The summed E-state index contributed by atoms with van der Waals surface area (Å²) >= 11 is 0. The molecule has 0 aromatic heterocycles. The molecular formula is C15H19NO4S. The molecule has 0 saturated heterocycles. The number of rotatable bonds is 5. The number of amides is 1. The first-order chi connectivity index (χ1) is 9.83. The van der Waals surface area contributed by atoms with Gasteiger partial charge in [-0.3, -0.25) is 4.79 Å². The Morgan fingerprint density at radius 1 is 1.38 bits per heavy atom. The number of hydrogen-bond donors (Lipinski definition) is 2. The van der Waals surface area contributed by atoms with Gasteiger partial charge in [-0.15, -0.1) is 0 Å². The molecule has 6 heteroatoms. The van der Waals surface area contributed by atoms with Crippen LogP contribution >= 0.6 is 0 Å². The second-order valence-corrected chi connectivity index (χ2v) is 6.95. The number of aliphatic hydroxyl groups excluding tert-OH is 1. The summed E-state index contributed by atoms with van der Waals surface area (Å²) in [5.41, 5.74) is 2.09. The van der Waals surface area contributed by atoms with Gasteiger partial charge in [-0.05, 0) is 24.6 Å². The molecule has 0 unspecified atom stereocenters. The molecule has 0 aliphatic carbocycles. The van der Waals surface area contributed by atoms with Gasteiger partial charge in [0, 0.05) is 30.3 Å². The zero-order chi connectivity index (χ0) is 15.9. The summed E-state index contributed by atoms with van der Waals surface area (Å²) in [4.78, 5) is 11.9. The Morgan fingerprint density at radius 2 is 2.10 bits per heavy atom. The molecule has 0 bridgehead atoms. The van der Waals surface area contributed by atoms with Crippen LogP contribution in [0.25, 0.3) is 0 Å². The van der Waals surface area contributed by atoms with Crippen LogP contribution in [0, 0.1) is 18.8 Å². The van der Waals surface area contributed by atoms with Crippen molar-refractivity contribution in [2.45, 2.75) is 13.3 Å². The average molecular weight is 309 g/mol. The van der Waals surface area contributed by atoms with Crippen LogP contribution in [-0.4, -0.2) is 44.6 Å². The third-order valence-corrected chi connectivity index (χ3v) is 3.66. The predicted octanol–water partition coefficient (Wildman–Crippen LogP) is 0.503. The van der Waals surface area contributed by atoms with E-state index in [0.29, 0.717) is 12.0 Å². The van der Waals surface area contributed by atoms with Crippen LogP contribution in [-0.2, 0) is 9.84 Å². The maximum Gasteiger partial charge on any atom is 0.251 e. The maximum atomic E-state index is 11.9. The van der Waals surface area contributed by atoms with Gasteiger partial charge in [-0.25, -0.2) is 8.42 Å². The van der Waals surface area contributed by atoms with E-state index in [9.17, 15) is 13.2 Å². The largest absolute Gasteiger partial charge is 0.395 e.